The van der Waals surface area contributed by atoms with Gasteiger partial charge in [-0.15, -0.1) is 0 Å². The Morgan fingerprint density at radius 2 is 1.66 bits per heavy atom. The molecule has 184 valence electrons. The van der Waals surface area contributed by atoms with Crippen LogP contribution in [0.15, 0.2) is 71.6 Å². The zero-order valence-corrected chi connectivity index (χ0v) is 22.9. The second-order valence-electron chi connectivity index (χ2n) is 10.1. The predicted molar refractivity (Wildman–Crippen MR) is 143 cm³/mol. The highest BCUT2D eigenvalue weighted by molar-refractivity contribution is 7.89. The maximum absolute atomic E-state index is 13.8. The molecule has 0 bridgehead atoms. The third kappa shape index (κ3) is 5.12. The van der Waals surface area contributed by atoms with Crippen LogP contribution in [0.4, 0.5) is 0 Å². The number of esters is 1. The lowest BCUT2D eigenvalue weighted by Gasteiger charge is -2.37. The summed E-state index contributed by atoms with van der Waals surface area (Å²) < 4.78 is 34.3. The molecule has 0 aromatic heterocycles. The van der Waals surface area contributed by atoms with Crippen LogP contribution >= 0.6 is 0 Å². The monoisotopic (exact) mass is 507 g/mol. The van der Waals surface area contributed by atoms with E-state index in [2.05, 4.69) is 43.9 Å². The van der Waals surface area contributed by atoms with Crippen molar-refractivity contribution in [1.29, 1.82) is 0 Å². The molecule has 0 spiro atoms. The zero-order valence-electron chi connectivity index (χ0n) is 21.0. The largest absolute Gasteiger partial charge is 0.465 e. The first-order valence-corrected chi connectivity index (χ1v) is 16.9. The minimum Gasteiger partial charge on any atom is -0.465 e. The Morgan fingerprint density at radius 1 is 1.00 bits per heavy atom. The van der Waals surface area contributed by atoms with Crippen LogP contribution in [0.5, 0.6) is 0 Å². The molecular formula is C28H33NO4SSi. The summed E-state index contributed by atoms with van der Waals surface area (Å²) in [7, 11) is -5.77. The number of carbonyl (C=O) groups excluding carboxylic acids is 1. The zero-order chi connectivity index (χ0) is 25.4. The van der Waals surface area contributed by atoms with Crippen LogP contribution in [0.3, 0.4) is 0 Å². The molecule has 3 aromatic rings. The summed E-state index contributed by atoms with van der Waals surface area (Å²) in [5.41, 5.74) is 5.23. The van der Waals surface area contributed by atoms with E-state index in [4.69, 9.17) is 4.74 Å². The molecule has 1 heterocycles. The van der Waals surface area contributed by atoms with E-state index in [0.29, 0.717) is 0 Å². The number of fused-ring (bicyclic) bond motifs is 1. The van der Waals surface area contributed by atoms with Gasteiger partial charge in [0.1, 0.15) is 6.04 Å². The third-order valence-electron chi connectivity index (χ3n) is 6.52. The summed E-state index contributed by atoms with van der Waals surface area (Å²) in [5.74, 6) is -0.506. The van der Waals surface area contributed by atoms with Gasteiger partial charge >= 0.3 is 5.97 Å². The first kappa shape index (κ1) is 25.4. The minimum atomic E-state index is -3.91. The van der Waals surface area contributed by atoms with Crippen LogP contribution in [0.1, 0.15) is 23.6 Å². The molecule has 4 rings (SSSR count). The average molecular weight is 508 g/mol. The molecule has 0 N–H and O–H groups in total. The Labute approximate surface area is 209 Å². The van der Waals surface area contributed by atoms with Crippen LogP contribution < -0.4 is 5.19 Å². The minimum absolute atomic E-state index is 0.156. The van der Waals surface area contributed by atoms with Crippen LogP contribution in [-0.4, -0.2) is 39.4 Å². The lowest BCUT2D eigenvalue weighted by molar-refractivity contribution is -0.148. The van der Waals surface area contributed by atoms with Gasteiger partial charge in [-0.3, -0.25) is 4.79 Å². The Kier molecular flexibility index (Phi) is 7.04. The number of rotatable bonds is 6. The molecule has 35 heavy (non-hydrogen) atoms. The number of nitrogens with zero attached hydrogens (tertiary/aromatic N) is 1. The van der Waals surface area contributed by atoms with E-state index in [9.17, 15) is 13.2 Å². The van der Waals surface area contributed by atoms with Gasteiger partial charge in [0.2, 0.25) is 10.0 Å². The molecule has 1 aliphatic heterocycles. The van der Waals surface area contributed by atoms with Crippen molar-refractivity contribution in [2.24, 2.45) is 0 Å². The Hall–Kier alpha value is -2.74. The number of hydrogen-bond acceptors (Lipinski definition) is 4. The van der Waals surface area contributed by atoms with E-state index in [1.54, 1.807) is 31.2 Å². The second-order valence-corrected chi connectivity index (χ2v) is 17.0. The predicted octanol–water partition coefficient (Wildman–Crippen LogP) is 4.89. The van der Waals surface area contributed by atoms with Gasteiger partial charge in [-0.2, -0.15) is 4.31 Å². The van der Waals surface area contributed by atoms with Crippen molar-refractivity contribution in [1.82, 2.24) is 4.31 Å². The highest BCUT2D eigenvalue weighted by atomic mass is 32.2. The van der Waals surface area contributed by atoms with Crippen LogP contribution in [-0.2, 0) is 32.5 Å². The molecule has 0 amide bonds. The summed E-state index contributed by atoms with van der Waals surface area (Å²) in [4.78, 5) is 13.3. The number of hydrogen-bond donors (Lipinski definition) is 0. The topological polar surface area (TPSA) is 63.7 Å². The smallest absolute Gasteiger partial charge is 0.324 e. The molecule has 0 saturated carbocycles. The molecular weight excluding hydrogens is 474 g/mol. The van der Waals surface area contributed by atoms with Crippen molar-refractivity contribution < 1.29 is 17.9 Å². The lowest BCUT2D eigenvalue weighted by Crippen LogP contribution is -2.52. The van der Waals surface area contributed by atoms with Crippen molar-refractivity contribution in [3.8, 4) is 11.1 Å². The summed E-state index contributed by atoms with van der Waals surface area (Å²) >= 11 is 0. The van der Waals surface area contributed by atoms with E-state index in [1.165, 1.54) is 9.49 Å². The van der Waals surface area contributed by atoms with Gasteiger partial charge in [0, 0.05) is 13.0 Å². The number of benzene rings is 3. The van der Waals surface area contributed by atoms with Gasteiger partial charge in [0.25, 0.3) is 0 Å². The van der Waals surface area contributed by atoms with E-state index >= 15 is 0 Å². The highest BCUT2D eigenvalue weighted by Gasteiger charge is 2.42. The Morgan fingerprint density at radius 3 is 2.26 bits per heavy atom. The molecule has 0 radical (unpaired) electrons. The van der Waals surface area contributed by atoms with Crippen LogP contribution in [0.2, 0.25) is 19.6 Å². The maximum Gasteiger partial charge on any atom is 0.324 e. The van der Waals surface area contributed by atoms with E-state index in [1.807, 2.05) is 25.1 Å². The number of carbonyl (C=O) groups is 1. The van der Waals surface area contributed by atoms with Gasteiger partial charge < -0.3 is 4.74 Å². The maximum atomic E-state index is 13.8. The normalized spacial score (nSPS) is 16.5. The average Bonchev–Trinajstić information content (AvgIpc) is 2.83. The molecule has 7 heteroatoms. The highest BCUT2D eigenvalue weighted by Crippen LogP contribution is 2.33. The van der Waals surface area contributed by atoms with Crippen molar-refractivity contribution >= 4 is 29.3 Å². The van der Waals surface area contributed by atoms with Gasteiger partial charge in [-0.1, -0.05) is 85.0 Å². The number of aryl methyl sites for hydroxylation is 1. The van der Waals surface area contributed by atoms with Gasteiger partial charge in [-0.25, -0.2) is 8.42 Å². The van der Waals surface area contributed by atoms with Crippen LogP contribution in [0.25, 0.3) is 11.1 Å². The molecule has 0 saturated heterocycles. The van der Waals surface area contributed by atoms with Gasteiger partial charge in [0.05, 0.1) is 19.6 Å². The summed E-state index contributed by atoms with van der Waals surface area (Å²) in [6, 6.07) is 20.4. The molecule has 1 aliphatic rings. The van der Waals surface area contributed by atoms with Gasteiger partial charge in [0.15, 0.2) is 0 Å². The first-order valence-electron chi connectivity index (χ1n) is 12.0. The molecule has 3 aromatic carbocycles. The molecule has 5 nitrogen and oxygen atoms in total. The Bertz CT molecular complexity index is 1330. The fourth-order valence-electron chi connectivity index (χ4n) is 4.68. The SMILES string of the molecule is CCOC(=O)C1Cc2cc(-c3ccccc3)cc([Si](C)(C)C)c2CN1S(=O)(=O)c1ccc(C)cc1. The summed E-state index contributed by atoms with van der Waals surface area (Å²) in [5, 5.41) is 1.22. The lowest BCUT2D eigenvalue weighted by atomic mass is 9.92. The van der Waals surface area contributed by atoms with Gasteiger partial charge in [-0.05, 0) is 48.2 Å². The number of sulfonamides is 1. The van der Waals surface area contributed by atoms with E-state index in [0.717, 1.165) is 27.8 Å². The second kappa shape index (κ2) is 9.72. The molecule has 0 fully saturated rings. The molecule has 1 unspecified atom stereocenters. The fourth-order valence-corrected chi connectivity index (χ4v) is 7.96. The fraction of sp³-hybridized carbons (Fsp3) is 0.321. The van der Waals surface area contributed by atoms with Crippen molar-refractivity contribution in [2.75, 3.05) is 6.61 Å². The van der Waals surface area contributed by atoms with Crippen molar-refractivity contribution in [2.45, 2.75) is 57.4 Å². The van der Waals surface area contributed by atoms with Crippen LogP contribution in [0, 0.1) is 6.92 Å². The summed E-state index contributed by atoms with van der Waals surface area (Å²) in [6.45, 7) is 10.8. The standard InChI is InChI=1S/C28H33NO4SSi/c1-6-33-28(30)26-17-23-16-22(21-10-8-7-9-11-21)18-27(35(3,4)5)25(23)19-29(26)34(31,32)24-14-12-20(2)13-15-24/h7-16,18,26H,6,17,19H2,1-5H3. The number of ether oxygens (including phenoxy) is 1. The van der Waals surface area contributed by atoms with E-state index < -0.39 is 30.1 Å². The van der Waals surface area contributed by atoms with Crippen molar-refractivity contribution in [3.63, 3.8) is 0 Å². The molecule has 0 aliphatic carbocycles. The first-order chi connectivity index (χ1) is 16.5. The van der Waals surface area contributed by atoms with Crippen molar-refractivity contribution in [3.05, 3.63) is 83.4 Å². The quantitative estimate of drug-likeness (QED) is 0.352. The summed E-state index contributed by atoms with van der Waals surface area (Å²) in [6.07, 6.45) is 0.289. The molecule has 1 atom stereocenters. The third-order valence-corrected chi connectivity index (χ3v) is 10.4. The Balaban J connectivity index is 1.89. The van der Waals surface area contributed by atoms with E-state index in [-0.39, 0.29) is 24.5 Å².